The minimum atomic E-state index is 0.958. The molecule has 0 heteroatoms. The SMILES string of the molecule is C1CCCCC1.CC1CC2C=CC1C2. The maximum atomic E-state index is 2.40. The van der Waals surface area contributed by atoms with Crippen molar-refractivity contribution in [3.05, 3.63) is 12.2 Å². The van der Waals surface area contributed by atoms with Crippen molar-refractivity contribution >= 4 is 0 Å². The highest BCUT2D eigenvalue weighted by Crippen LogP contribution is 2.42. The molecule has 0 radical (unpaired) electrons. The minimum absolute atomic E-state index is 0.958. The molecule has 0 amide bonds. The molecule has 14 heavy (non-hydrogen) atoms. The van der Waals surface area contributed by atoms with E-state index in [1.165, 1.54) is 51.4 Å². The summed E-state index contributed by atoms with van der Waals surface area (Å²) < 4.78 is 0. The second-order valence-electron chi connectivity index (χ2n) is 5.38. The molecule has 0 N–H and O–H groups in total. The number of rotatable bonds is 0. The van der Waals surface area contributed by atoms with Crippen LogP contribution in [0.4, 0.5) is 0 Å². The van der Waals surface area contributed by atoms with E-state index in [9.17, 15) is 0 Å². The van der Waals surface area contributed by atoms with E-state index in [-0.39, 0.29) is 0 Å². The molecule has 0 saturated heterocycles. The molecule has 3 rings (SSSR count). The number of allylic oxidation sites excluding steroid dienone is 2. The number of fused-ring (bicyclic) bond motifs is 2. The maximum absolute atomic E-state index is 2.40. The molecule has 2 saturated carbocycles. The van der Waals surface area contributed by atoms with Gasteiger partial charge in [0.1, 0.15) is 0 Å². The van der Waals surface area contributed by atoms with Crippen LogP contribution in [-0.2, 0) is 0 Å². The molecule has 3 atom stereocenters. The van der Waals surface area contributed by atoms with Crippen molar-refractivity contribution < 1.29 is 0 Å². The quantitative estimate of drug-likeness (QED) is 0.494. The zero-order chi connectivity index (χ0) is 9.80. The summed E-state index contributed by atoms with van der Waals surface area (Å²) >= 11 is 0. The molecule has 0 aromatic carbocycles. The fourth-order valence-electron chi connectivity index (χ4n) is 3.12. The van der Waals surface area contributed by atoms with Crippen LogP contribution in [0.15, 0.2) is 12.2 Å². The van der Waals surface area contributed by atoms with E-state index in [0.717, 1.165) is 17.8 Å². The Morgan fingerprint density at radius 3 is 1.57 bits per heavy atom. The first-order valence-corrected chi connectivity index (χ1v) is 6.54. The summed E-state index contributed by atoms with van der Waals surface area (Å²) in [6, 6.07) is 0. The van der Waals surface area contributed by atoms with Gasteiger partial charge in [0.15, 0.2) is 0 Å². The zero-order valence-electron chi connectivity index (χ0n) is 9.54. The lowest BCUT2D eigenvalue weighted by molar-refractivity contribution is 0.493. The molecule has 0 heterocycles. The van der Waals surface area contributed by atoms with Crippen molar-refractivity contribution in [2.45, 2.75) is 58.3 Å². The largest absolute Gasteiger partial charge is 0.0851 e. The van der Waals surface area contributed by atoms with Crippen LogP contribution in [0.1, 0.15) is 58.3 Å². The Balaban J connectivity index is 0.000000112. The van der Waals surface area contributed by atoms with Crippen molar-refractivity contribution in [3.8, 4) is 0 Å². The van der Waals surface area contributed by atoms with Crippen LogP contribution in [0, 0.1) is 17.8 Å². The number of hydrogen-bond donors (Lipinski definition) is 0. The molecule has 2 bridgehead atoms. The molecule has 0 aromatic heterocycles. The minimum Gasteiger partial charge on any atom is -0.0851 e. The molecule has 0 nitrogen and oxygen atoms in total. The second kappa shape index (κ2) is 5.00. The highest BCUT2D eigenvalue weighted by Gasteiger charge is 2.32. The lowest BCUT2D eigenvalue weighted by Gasteiger charge is -2.09. The molecule has 3 aliphatic carbocycles. The van der Waals surface area contributed by atoms with Crippen molar-refractivity contribution in [1.82, 2.24) is 0 Å². The van der Waals surface area contributed by atoms with Crippen LogP contribution in [0.3, 0.4) is 0 Å². The predicted molar refractivity (Wildman–Crippen MR) is 62.2 cm³/mol. The molecular formula is C14H24. The van der Waals surface area contributed by atoms with Gasteiger partial charge < -0.3 is 0 Å². The van der Waals surface area contributed by atoms with E-state index in [1.54, 1.807) is 0 Å². The first-order valence-electron chi connectivity index (χ1n) is 6.54. The summed E-state index contributed by atoms with van der Waals surface area (Å²) in [5.41, 5.74) is 0. The van der Waals surface area contributed by atoms with Crippen molar-refractivity contribution in [1.29, 1.82) is 0 Å². The van der Waals surface area contributed by atoms with Crippen LogP contribution in [0.25, 0.3) is 0 Å². The smallest absolute Gasteiger partial charge is 0.0202 e. The van der Waals surface area contributed by atoms with Gasteiger partial charge in [-0.05, 0) is 30.6 Å². The van der Waals surface area contributed by atoms with E-state index in [1.807, 2.05) is 0 Å². The Hall–Kier alpha value is -0.260. The lowest BCUT2D eigenvalue weighted by Crippen LogP contribution is -1.99. The second-order valence-corrected chi connectivity index (χ2v) is 5.38. The highest BCUT2D eigenvalue weighted by molar-refractivity contribution is 5.08. The van der Waals surface area contributed by atoms with Crippen LogP contribution in [-0.4, -0.2) is 0 Å². The Labute approximate surface area is 88.8 Å². The lowest BCUT2D eigenvalue weighted by atomic mass is 9.96. The molecular weight excluding hydrogens is 168 g/mol. The number of hydrogen-bond acceptors (Lipinski definition) is 0. The molecule has 2 fully saturated rings. The van der Waals surface area contributed by atoms with Crippen LogP contribution >= 0.6 is 0 Å². The molecule has 0 spiro atoms. The van der Waals surface area contributed by atoms with E-state index in [4.69, 9.17) is 0 Å². The average molecular weight is 192 g/mol. The van der Waals surface area contributed by atoms with Gasteiger partial charge >= 0.3 is 0 Å². The van der Waals surface area contributed by atoms with Gasteiger partial charge in [0, 0.05) is 0 Å². The molecule has 0 aliphatic heterocycles. The van der Waals surface area contributed by atoms with E-state index >= 15 is 0 Å². The van der Waals surface area contributed by atoms with Gasteiger partial charge in [-0.15, -0.1) is 0 Å². The van der Waals surface area contributed by atoms with Gasteiger partial charge in [-0.2, -0.15) is 0 Å². The highest BCUT2D eigenvalue weighted by atomic mass is 14.4. The van der Waals surface area contributed by atoms with Crippen molar-refractivity contribution in [2.24, 2.45) is 17.8 Å². The van der Waals surface area contributed by atoms with Gasteiger partial charge in [-0.3, -0.25) is 0 Å². The first kappa shape index (κ1) is 10.3. The maximum Gasteiger partial charge on any atom is -0.0202 e. The summed E-state index contributed by atoms with van der Waals surface area (Å²) in [5.74, 6) is 2.92. The van der Waals surface area contributed by atoms with Gasteiger partial charge in [-0.25, -0.2) is 0 Å². The zero-order valence-corrected chi connectivity index (χ0v) is 9.54. The van der Waals surface area contributed by atoms with Gasteiger partial charge in [0.05, 0.1) is 0 Å². The van der Waals surface area contributed by atoms with E-state index in [2.05, 4.69) is 19.1 Å². The third kappa shape index (κ3) is 2.62. The van der Waals surface area contributed by atoms with Gasteiger partial charge in [0.2, 0.25) is 0 Å². The van der Waals surface area contributed by atoms with E-state index in [0.29, 0.717) is 0 Å². The molecule has 3 aliphatic rings. The Morgan fingerprint density at radius 2 is 1.36 bits per heavy atom. The van der Waals surface area contributed by atoms with Crippen LogP contribution in [0.2, 0.25) is 0 Å². The monoisotopic (exact) mass is 192 g/mol. The summed E-state index contributed by atoms with van der Waals surface area (Å²) in [6.07, 6.45) is 16.7. The summed E-state index contributed by atoms with van der Waals surface area (Å²) in [4.78, 5) is 0. The van der Waals surface area contributed by atoms with E-state index < -0.39 is 0 Å². The predicted octanol–water partition coefficient (Wildman–Crippen LogP) is 4.56. The molecule has 0 aromatic rings. The fourth-order valence-corrected chi connectivity index (χ4v) is 3.12. The summed E-state index contributed by atoms with van der Waals surface area (Å²) in [5, 5.41) is 0. The van der Waals surface area contributed by atoms with Crippen molar-refractivity contribution in [2.75, 3.05) is 0 Å². The van der Waals surface area contributed by atoms with Gasteiger partial charge in [0.25, 0.3) is 0 Å². The van der Waals surface area contributed by atoms with Crippen LogP contribution in [0.5, 0.6) is 0 Å². The Bertz CT molecular complexity index is 177. The molecule has 80 valence electrons. The summed E-state index contributed by atoms with van der Waals surface area (Å²) in [7, 11) is 0. The van der Waals surface area contributed by atoms with Crippen molar-refractivity contribution in [3.63, 3.8) is 0 Å². The normalized spacial score (nSPS) is 39.4. The average Bonchev–Trinajstić information content (AvgIpc) is 2.82. The standard InChI is InChI=1S/C8H12.C6H12/c1-6-4-7-2-3-8(6)5-7;1-2-4-6-5-3-1/h2-3,6-8H,4-5H2,1H3;1-6H2. The fraction of sp³-hybridized carbons (Fsp3) is 0.857. The van der Waals surface area contributed by atoms with Crippen LogP contribution < -0.4 is 0 Å². The van der Waals surface area contributed by atoms with Gasteiger partial charge in [-0.1, -0.05) is 57.6 Å². The summed E-state index contributed by atoms with van der Waals surface area (Å²) in [6.45, 7) is 2.37. The topological polar surface area (TPSA) is 0 Å². The molecule has 3 unspecified atom stereocenters. The third-order valence-corrected chi connectivity index (χ3v) is 4.11. The Morgan fingerprint density at radius 1 is 0.786 bits per heavy atom. The third-order valence-electron chi connectivity index (χ3n) is 4.11. The first-order chi connectivity index (χ1) is 6.86. The Kier molecular flexibility index (Phi) is 3.67.